The summed E-state index contributed by atoms with van der Waals surface area (Å²) >= 11 is 0. The fourth-order valence-electron chi connectivity index (χ4n) is 4.35. The quantitative estimate of drug-likeness (QED) is 0.562. The lowest BCUT2D eigenvalue weighted by Crippen LogP contribution is -2.52. The van der Waals surface area contributed by atoms with E-state index in [1.54, 1.807) is 7.11 Å². The molecule has 2 saturated heterocycles. The van der Waals surface area contributed by atoms with Gasteiger partial charge >= 0.3 is 0 Å². The van der Waals surface area contributed by atoms with Crippen LogP contribution in [0.1, 0.15) is 33.1 Å². The topological polar surface area (TPSA) is 43.3 Å². The molecule has 0 unspecified atom stereocenters. The number of methoxy groups -OCH3 is 1. The number of piperazine rings is 1. The number of rotatable bonds is 7. The fraction of sp³-hybridized carbons (Fsp3) is 0.696. The van der Waals surface area contributed by atoms with Gasteiger partial charge in [0.15, 0.2) is 5.96 Å². The first-order chi connectivity index (χ1) is 14.2. The lowest BCUT2D eigenvalue weighted by molar-refractivity contribution is 0.188. The van der Waals surface area contributed by atoms with Crippen molar-refractivity contribution in [3.63, 3.8) is 0 Å². The molecule has 2 aliphatic rings. The van der Waals surface area contributed by atoms with Gasteiger partial charge in [-0.2, -0.15) is 0 Å². The molecule has 1 aromatic rings. The number of hydrogen-bond donors (Lipinski definition) is 1. The molecule has 0 saturated carbocycles. The summed E-state index contributed by atoms with van der Waals surface area (Å²) in [6.45, 7) is 14.0. The van der Waals surface area contributed by atoms with Crippen molar-refractivity contribution in [2.75, 3.05) is 70.9 Å². The second-order valence-electron chi connectivity index (χ2n) is 8.08. The molecule has 2 heterocycles. The first kappa shape index (κ1) is 21.8. The van der Waals surface area contributed by atoms with Crippen LogP contribution in [0.5, 0.6) is 5.75 Å². The van der Waals surface area contributed by atoms with Crippen LogP contribution in [0, 0.1) is 5.92 Å². The van der Waals surface area contributed by atoms with E-state index in [4.69, 9.17) is 9.73 Å². The molecule has 2 fully saturated rings. The Kier molecular flexibility index (Phi) is 8.47. The summed E-state index contributed by atoms with van der Waals surface area (Å²) in [5, 5.41) is 3.51. The van der Waals surface area contributed by atoms with Gasteiger partial charge in [-0.05, 0) is 63.9 Å². The van der Waals surface area contributed by atoms with Crippen LogP contribution in [0.2, 0.25) is 0 Å². The summed E-state index contributed by atoms with van der Waals surface area (Å²) in [5.41, 5.74) is 1.24. The van der Waals surface area contributed by atoms with Crippen molar-refractivity contribution in [2.24, 2.45) is 10.9 Å². The molecule has 0 bridgehead atoms. The third kappa shape index (κ3) is 6.26. The van der Waals surface area contributed by atoms with Gasteiger partial charge in [-0.25, -0.2) is 0 Å². The Bertz CT molecular complexity index is 634. The highest BCUT2D eigenvalue weighted by Crippen LogP contribution is 2.22. The summed E-state index contributed by atoms with van der Waals surface area (Å²) in [7, 11) is 1.73. The Morgan fingerprint density at radius 2 is 1.86 bits per heavy atom. The zero-order valence-corrected chi connectivity index (χ0v) is 18.6. The Balaban J connectivity index is 1.49. The number of aliphatic imine (C=N–C) groups is 1. The van der Waals surface area contributed by atoms with E-state index in [2.05, 4.69) is 52.1 Å². The molecule has 0 atom stereocenters. The summed E-state index contributed by atoms with van der Waals surface area (Å²) in [5.74, 6) is 2.85. The monoisotopic (exact) mass is 401 g/mol. The predicted molar refractivity (Wildman–Crippen MR) is 122 cm³/mol. The van der Waals surface area contributed by atoms with E-state index < -0.39 is 0 Å². The zero-order chi connectivity index (χ0) is 20.5. The summed E-state index contributed by atoms with van der Waals surface area (Å²) in [6.07, 6.45) is 3.88. The van der Waals surface area contributed by atoms with Crippen molar-refractivity contribution in [2.45, 2.75) is 33.1 Å². The van der Waals surface area contributed by atoms with Crippen molar-refractivity contribution in [1.29, 1.82) is 0 Å². The number of piperidine rings is 1. The second-order valence-corrected chi connectivity index (χ2v) is 8.08. The van der Waals surface area contributed by atoms with Gasteiger partial charge in [-0.1, -0.05) is 13.0 Å². The number of nitrogens with one attached hydrogen (secondary N) is 1. The minimum absolute atomic E-state index is 0.842. The molecule has 1 N–H and O–H groups in total. The minimum atomic E-state index is 0.842. The van der Waals surface area contributed by atoms with Crippen LogP contribution >= 0.6 is 0 Å². The molecular formula is C23H39N5O. The number of nitrogens with zero attached hydrogens (tertiary/aromatic N) is 4. The van der Waals surface area contributed by atoms with Crippen LogP contribution in [-0.2, 0) is 0 Å². The Hall–Kier alpha value is -1.95. The van der Waals surface area contributed by atoms with Crippen molar-refractivity contribution in [1.82, 2.24) is 15.1 Å². The molecule has 6 heteroatoms. The number of guanidine groups is 1. The average molecular weight is 402 g/mol. The van der Waals surface area contributed by atoms with E-state index in [0.29, 0.717) is 0 Å². The third-order valence-electron chi connectivity index (χ3n) is 6.29. The van der Waals surface area contributed by atoms with Gasteiger partial charge in [0.25, 0.3) is 0 Å². The van der Waals surface area contributed by atoms with Gasteiger partial charge in [0, 0.05) is 51.0 Å². The van der Waals surface area contributed by atoms with E-state index in [9.17, 15) is 0 Å². The second kappa shape index (κ2) is 11.3. The first-order valence-corrected chi connectivity index (χ1v) is 11.4. The normalized spacial score (nSPS) is 19.5. The molecular weight excluding hydrogens is 362 g/mol. The smallest absolute Gasteiger partial charge is 0.194 e. The molecule has 29 heavy (non-hydrogen) atoms. The molecule has 0 radical (unpaired) electrons. The Labute approximate surface area is 176 Å². The van der Waals surface area contributed by atoms with Gasteiger partial charge in [0.1, 0.15) is 5.75 Å². The van der Waals surface area contributed by atoms with Crippen molar-refractivity contribution in [3.05, 3.63) is 24.3 Å². The van der Waals surface area contributed by atoms with Gasteiger partial charge in [0.05, 0.1) is 7.11 Å². The molecule has 0 amide bonds. The van der Waals surface area contributed by atoms with E-state index in [1.807, 2.05) is 6.07 Å². The molecule has 3 rings (SSSR count). The highest BCUT2D eigenvalue weighted by atomic mass is 16.5. The summed E-state index contributed by atoms with van der Waals surface area (Å²) in [4.78, 5) is 12.4. The number of benzene rings is 1. The molecule has 162 valence electrons. The molecule has 6 nitrogen and oxygen atoms in total. The van der Waals surface area contributed by atoms with E-state index in [-0.39, 0.29) is 0 Å². The number of ether oxygens (including phenoxy) is 1. The van der Waals surface area contributed by atoms with E-state index >= 15 is 0 Å². The molecule has 0 spiro atoms. The predicted octanol–water partition coefficient (Wildman–Crippen LogP) is 2.90. The van der Waals surface area contributed by atoms with Crippen LogP contribution in [-0.4, -0.2) is 81.8 Å². The number of anilines is 1. The van der Waals surface area contributed by atoms with E-state index in [1.165, 1.54) is 44.6 Å². The standard InChI is InChI=1S/C23H39N5O/c1-4-24-23(25-12-9-20-10-13-26(5-2)14-11-20)28-17-15-27(16-18-28)21-7-6-8-22(19-21)29-3/h6-8,19-20H,4-5,9-18H2,1-3H3,(H,24,25). The lowest BCUT2D eigenvalue weighted by Gasteiger charge is -2.38. The Morgan fingerprint density at radius 1 is 1.10 bits per heavy atom. The highest BCUT2D eigenvalue weighted by molar-refractivity contribution is 5.80. The van der Waals surface area contributed by atoms with Crippen molar-refractivity contribution in [3.8, 4) is 5.75 Å². The Morgan fingerprint density at radius 3 is 2.52 bits per heavy atom. The molecule has 0 aliphatic carbocycles. The maximum absolute atomic E-state index is 5.37. The van der Waals surface area contributed by atoms with Crippen LogP contribution in [0.15, 0.2) is 29.3 Å². The first-order valence-electron chi connectivity index (χ1n) is 11.4. The largest absolute Gasteiger partial charge is 0.497 e. The van der Waals surface area contributed by atoms with Crippen molar-refractivity contribution >= 4 is 11.6 Å². The van der Waals surface area contributed by atoms with Crippen LogP contribution in [0.25, 0.3) is 0 Å². The summed E-state index contributed by atoms with van der Waals surface area (Å²) in [6, 6.07) is 8.36. The van der Waals surface area contributed by atoms with Crippen LogP contribution < -0.4 is 15.0 Å². The molecule has 2 aliphatic heterocycles. The third-order valence-corrected chi connectivity index (χ3v) is 6.29. The average Bonchev–Trinajstić information content (AvgIpc) is 2.79. The van der Waals surface area contributed by atoms with Crippen LogP contribution in [0.4, 0.5) is 5.69 Å². The SMILES string of the molecule is CCNC(=NCCC1CCN(CC)CC1)N1CCN(c2cccc(OC)c2)CC1. The molecule has 1 aromatic carbocycles. The fourth-order valence-corrected chi connectivity index (χ4v) is 4.35. The van der Waals surface area contributed by atoms with Crippen LogP contribution in [0.3, 0.4) is 0 Å². The lowest BCUT2D eigenvalue weighted by atomic mass is 9.94. The number of hydrogen-bond acceptors (Lipinski definition) is 4. The zero-order valence-electron chi connectivity index (χ0n) is 18.6. The minimum Gasteiger partial charge on any atom is -0.497 e. The molecule has 0 aromatic heterocycles. The van der Waals surface area contributed by atoms with Crippen molar-refractivity contribution < 1.29 is 4.74 Å². The maximum atomic E-state index is 5.37. The van der Waals surface area contributed by atoms with Gasteiger partial charge < -0.3 is 24.8 Å². The highest BCUT2D eigenvalue weighted by Gasteiger charge is 2.21. The van der Waals surface area contributed by atoms with Gasteiger partial charge in [-0.3, -0.25) is 4.99 Å². The van der Waals surface area contributed by atoms with Gasteiger partial charge in [-0.15, -0.1) is 0 Å². The summed E-state index contributed by atoms with van der Waals surface area (Å²) < 4.78 is 5.37. The maximum Gasteiger partial charge on any atom is 0.194 e. The van der Waals surface area contributed by atoms with E-state index in [0.717, 1.165) is 56.9 Å². The number of likely N-dealkylation sites (tertiary alicyclic amines) is 1. The van der Waals surface area contributed by atoms with Gasteiger partial charge in [0.2, 0.25) is 0 Å².